The van der Waals surface area contributed by atoms with Crippen molar-refractivity contribution in [2.75, 3.05) is 17.3 Å². The third-order valence-corrected chi connectivity index (χ3v) is 2.81. The molecule has 1 heterocycles. The molecule has 6 heteroatoms. The summed E-state index contributed by atoms with van der Waals surface area (Å²) >= 11 is 0. The number of aliphatic hydroxyl groups is 1. The van der Waals surface area contributed by atoms with Gasteiger partial charge in [0.25, 0.3) is 0 Å². The third-order valence-electron chi connectivity index (χ3n) is 2.81. The lowest BCUT2D eigenvalue weighted by Gasteiger charge is -2.20. The minimum atomic E-state index is -0.415. The molecule has 0 radical (unpaired) electrons. The van der Waals surface area contributed by atoms with Gasteiger partial charge in [0.05, 0.1) is 6.10 Å². The standard InChI is InChI=1S/C13H25N5O/c1-8(2)9(19)7-15-10-6-11(18-14)17-12(16-10)13(3,4)5/h6,8-9,19H,7,14H2,1-5H3,(H2,15,16,17,18). The van der Waals surface area contributed by atoms with Crippen molar-refractivity contribution in [2.24, 2.45) is 11.8 Å². The van der Waals surface area contributed by atoms with E-state index in [1.165, 1.54) is 0 Å². The summed E-state index contributed by atoms with van der Waals surface area (Å²) in [6, 6.07) is 1.72. The molecule has 0 saturated heterocycles. The van der Waals surface area contributed by atoms with Gasteiger partial charge >= 0.3 is 0 Å². The number of nitrogens with zero attached hydrogens (tertiary/aromatic N) is 2. The maximum absolute atomic E-state index is 9.80. The van der Waals surface area contributed by atoms with Crippen LogP contribution in [-0.4, -0.2) is 27.7 Å². The van der Waals surface area contributed by atoms with E-state index in [0.717, 1.165) is 0 Å². The summed E-state index contributed by atoms with van der Waals surface area (Å²) in [5.41, 5.74) is 2.37. The first-order chi connectivity index (χ1) is 8.74. The number of rotatable bonds is 5. The van der Waals surface area contributed by atoms with Crippen molar-refractivity contribution in [3.63, 3.8) is 0 Å². The van der Waals surface area contributed by atoms with Gasteiger partial charge in [-0.05, 0) is 5.92 Å². The average molecular weight is 267 g/mol. The second kappa shape index (κ2) is 6.16. The van der Waals surface area contributed by atoms with Gasteiger partial charge in [0.2, 0.25) is 0 Å². The van der Waals surface area contributed by atoms with Crippen LogP contribution in [0.4, 0.5) is 11.6 Å². The number of nitrogens with two attached hydrogens (primary N) is 1. The zero-order valence-electron chi connectivity index (χ0n) is 12.4. The number of hydrazine groups is 1. The predicted octanol–water partition coefficient (Wildman–Crippen LogP) is 1.49. The molecule has 1 aromatic heterocycles. The van der Waals surface area contributed by atoms with Gasteiger partial charge < -0.3 is 15.8 Å². The van der Waals surface area contributed by atoms with Crippen LogP contribution >= 0.6 is 0 Å². The van der Waals surface area contributed by atoms with Crippen LogP contribution < -0.4 is 16.6 Å². The summed E-state index contributed by atoms with van der Waals surface area (Å²) in [6.45, 7) is 10.5. The monoisotopic (exact) mass is 267 g/mol. The van der Waals surface area contributed by atoms with E-state index in [4.69, 9.17) is 5.84 Å². The maximum atomic E-state index is 9.80. The molecule has 19 heavy (non-hydrogen) atoms. The lowest BCUT2D eigenvalue weighted by molar-refractivity contribution is 0.138. The first kappa shape index (κ1) is 15.7. The molecule has 0 aliphatic heterocycles. The summed E-state index contributed by atoms with van der Waals surface area (Å²) in [6.07, 6.45) is -0.415. The molecule has 1 aromatic rings. The van der Waals surface area contributed by atoms with E-state index in [9.17, 15) is 5.11 Å². The lowest BCUT2D eigenvalue weighted by atomic mass is 9.96. The SMILES string of the molecule is CC(C)C(O)CNc1cc(NN)nc(C(C)(C)C)n1. The molecule has 1 atom stereocenters. The molecule has 1 rings (SSSR count). The van der Waals surface area contributed by atoms with Gasteiger partial charge in [-0.15, -0.1) is 0 Å². The maximum Gasteiger partial charge on any atom is 0.145 e. The molecule has 0 fully saturated rings. The minimum absolute atomic E-state index is 0.167. The van der Waals surface area contributed by atoms with E-state index in [-0.39, 0.29) is 11.3 Å². The largest absolute Gasteiger partial charge is 0.391 e. The Morgan fingerprint density at radius 1 is 1.26 bits per heavy atom. The fourth-order valence-electron chi connectivity index (χ4n) is 1.39. The Kier molecular flexibility index (Phi) is 5.08. The molecule has 1 unspecified atom stereocenters. The summed E-state index contributed by atoms with van der Waals surface area (Å²) in [5.74, 6) is 7.53. The molecule has 0 bridgehead atoms. The molecule has 5 N–H and O–H groups in total. The Balaban J connectivity index is 2.89. The van der Waals surface area contributed by atoms with E-state index in [2.05, 4.69) is 20.7 Å². The zero-order chi connectivity index (χ0) is 14.6. The number of aromatic nitrogens is 2. The van der Waals surface area contributed by atoms with Crippen LogP contribution in [0, 0.1) is 5.92 Å². The second-order valence-electron chi connectivity index (χ2n) is 6.05. The number of hydrogen-bond acceptors (Lipinski definition) is 6. The average Bonchev–Trinajstić information content (AvgIpc) is 2.34. The van der Waals surface area contributed by atoms with E-state index in [0.29, 0.717) is 24.0 Å². The Morgan fingerprint density at radius 2 is 1.84 bits per heavy atom. The van der Waals surface area contributed by atoms with E-state index in [1.807, 2.05) is 34.6 Å². The molecule has 0 saturated carbocycles. The summed E-state index contributed by atoms with van der Waals surface area (Å²) in [4.78, 5) is 8.79. The van der Waals surface area contributed by atoms with Crippen molar-refractivity contribution in [3.05, 3.63) is 11.9 Å². The van der Waals surface area contributed by atoms with Crippen molar-refractivity contribution in [1.29, 1.82) is 0 Å². The number of aliphatic hydroxyl groups excluding tert-OH is 1. The number of nitrogen functional groups attached to an aromatic ring is 1. The van der Waals surface area contributed by atoms with Gasteiger partial charge in [0, 0.05) is 18.0 Å². The molecule has 0 aliphatic carbocycles. The van der Waals surface area contributed by atoms with Crippen molar-refractivity contribution < 1.29 is 5.11 Å². The van der Waals surface area contributed by atoms with Crippen LogP contribution in [0.3, 0.4) is 0 Å². The normalized spacial score (nSPS) is 13.5. The van der Waals surface area contributed by atoms with E-state index < -0.39 is 6.10 Å². The van der Waals surface area contributed by atoms with Crippen molar-refractivity contribution in [2.45, 2.75) is 46.1 Å². The fraction of sp³-hybridized carbons (Fsp3) is 0.692. The Labute approximate surface area is 114 Å². The van der Waals surface area contributed by atoms with Gasteiger partial charge in [-0.1, -0.05) is 34.6 Å². The Morgan fingerprint density at radius 3 is 2.32 bits per heavy atom. The highest BCUT2D eigenvalue weighted by molar-refractivity contribution is 5.47. The van der Waals surface area contributed by atoms with Crippen LogP contribution in [0.2, 0.25) is 0 Å². The van der Waals surface area contributed by atoms with Gasteiger partial charge in [0.15, 0.2) is 0 Å². The molecule has 0 aromatic carbocycles. The summed E-state index contributed by atoms with van der Waals surface area (Å²) in [5, 5.41) is 12.9. The van der Waals surface area contributed by atoms with Crippen molar-refractivity contribution in [1.82, 2.24) is 9.97 Å². The molecule has 6 nitrogen and oxygen atoms in total. The number of nitrogens with one attached hydrogen (secondary N) is 2. The highest BCUT2D eigenvalue weighted by Gasteiger charge is 2.19. The van der Waals surface area contributed by atoms with E-state index >= 15 is 0 Å². The van der Waals surface area contributed by atoms with Gasteiger partial charge in [0.1, 0.15) is 17.5 Å². The van der Waals surface area contributed by atoms with Crippen LogP contribution in [0.15, 0.2) is 6.07 Å². The van der Waals surface area contributed by atoms with E-state index in [1.54, 1.807) is 6.07 Å². The highest BCUT2D eigenvalue weighted by atomic mass is 16.3. The fourth-order valence-corrected chi connectivity index (χ4v) is 1.39. The molecule has 108 valence electrons. The lowest BCUT2D eigenvalue weighted by Crippen LogP contribution is -2.26. The van der Waals surface area contributed by atoms with Crippen LogP contribution in [0.5, 0.6) is 0 Å². The third kappa shape index (κ3) is 4.65. The second-order valence-corrected chi connectivity index (χ2v) is 6.05. The van der Waals surface area contributed by atoms with Gasteiger partial charge in [-0.2, -0.15) is 0 Å². The topological polar surface area (TPSA) is 96.1 Å². The summed E-state index contributed by atoms with van der Waals surface area (Å²) in [7, 11) is 0. The molecule has 0 amide bonds. The molecular weight excluding hydrogens is 242 g/mol. The highest BCUT2D eigenvalue weighted by Crippen LogP contribution is 2.22. The van der Waals surface area contributed by atoms with Crippen LogP contribution in [0.1, 0.15) is 40.4 Å². The first-order valence-electron chi connectivity index (χ1n) is 6.52. The van der Waals surface area contributed by atoms with Crippen molar-refractivity contribution in [3.8, 4) is 0 Å². The van der Waals surface area contributed by atoms with Crippen LogP contribution in [-0.2, 0) is 5.41 Å². The molecular formula is C13H25N5O. The van der Waals surface area contributed by atoms with Gasteiger partial charge in [-0.25, -0.2) is 15.8 Å². The predicted molar refractivity (Wildman–Crippen MR) is 77.9 cm³/mol. The smallest absolute Gasteiger partial charge is 0.145 e. The summed E-state index contributed by atoms with van der Waals surface area (Å²) < 4.78 is 0. The molecule has 0 spiro atoms. The van der Waals surface area contributed by atoms with Crippen molar-refractivity contribution >= 4 is 11.6 Å². The minimum Gasteiger partial charge on any atom is -0.391 e. The zero-order valence-corrected chi connectivity index (χ0v) is 12.4. The Hall–Kier alpha value is -1.40. The molecule has 0 aliphatic rings. The number of hydrogen-bond donors (Lipinski definition) is 4. The van der Waals surface area contributed by atoms with Gasteiger partial charge in [-0.3, -0.25) is 0 Å². The first-order valence-corrected chi connectivity index (χ1v) is 6.52. The quantitative estimate of drug-likeness (QED) is 0.477. The van der Waals surface area contributed by atoms with Crippen LogP contribution in [0.25, 0.3) is 0 Å². The Bertz CT molecular complexity index is 414. The number of anilines is 2.